The molecule has 1 atom stereocenters. The van der Waals surface area contributed by atoms with Crippen LogP contribution in [0.4, 0.5) is 0 Å². The van der Waals surface area contributed by atoms with Crippen LogP contribution in [0.25, 0.3) is 0 Å². The number of aliphatic hydroxyl groups is 1. The van der Waals surface area contributed by atoms with Gasteiger partial charge in [0.2, 0.25) is 0 Å². The summed E-state index contributed by atoms with van der Waals surface area (Å²) in [6.07, 6.45) is -0.555. The van der Waals surface area contributed by atoms with Gasteiger partial charge in [0.05, 0.1) is 6.61 Å². The van der Waals surface area contributed by atoms with E-state index in [1.165, 1.54) is 0 Å². The maximum atomic E-state index is 9.71. The molecule has 0 bridgehead atoms. The van der Waals surface area contributed by atoms with Gasteiger partial charge in [-0.2, -0.15) is 0 Å². The number of aliphatic hydroxyl groups excluding tert-OH is 1. The molecule has 1 rings (SSSR count). The molecule has 0 fully saturated rings. The Hall–Kier alpha value is -0.810. The van der Waals surface area contributed by atoms with Crippen LogP contribution in [0.5, 0.6) is 5.75 Å². The van der Waals surface area contributed by atoms with Gasteiger partial charge in [0.15, 0.2) is 0 Å². The van der Waals surface area contributed by atoms with Crippen molar-refractivity contribution in [2.75, 3.05) is 33.4 Å². The number of rotatable bonds is 8. The molecule has 2 N–H and O–H groups in total. The molecule has 0 aliphatic heterocycles. The van der Waals surface area contributed by atoms with E-state index in [2.05, 4.69) is 5.32 Å². The molecule has 0 saturated carbocycles. The van der Waals surface area contributed by atoms with Gasteiger partial charge in [0, 0.05) is 25.2 Å². The lowest BCUT2D eigenvalue weighted by Gasteiger charge is -2.14. The van der Waals surface area contributed by atoms with Crippen LogP contribution in [0.15, 0.2) is 18.2 Å². The Kier molecular flexibility index (Phi) is 7.05. The molecular formula is C13H20ClNO3. The van der Waals surface area contributed by atoms with Gasteiger partial charge in [-0.3, -0.25) is 0 Å². The SMILES string of the molecule is COCCNCC(O)COc1cc(Cl)ccc1C. The molecule has 0 aromatic heterocycles. The van der Waals surface area contributed by atoms with Gasteiger partial charge in [-0.05, 0) is 24.6 Å². The molecule has 0 aliphatic rings. The van der Waals surface area contributed by atoms with Crippen molar-refractivity contribution in [2.24, 2.45) is 0 Å². The molecule has 0 aliphatic carbocycles. The largest absolute Gasteiger partial charge is 0.491 e. The summed E-state index contributed by atoms with van der Waals surface area (Å²) in [6, 6.07) is 5.45. The molecule has 0 heterocycles. The summed E-state index contributed by atoms with van der Waals surface area (Å²) in [6.45, 7) is 3.99. The highest BCUT2D eigenvalue weighted by Gasteiger charge is 2.06. The fourth-order valence-electron chi connectivity index (χ4n) is 1.42. The topological polar surface area (TPSA) is 50.7 Å². The second-order valence-electron chi connectivity index (χ2n) is 4.07. The molecular weight excluding hydrogens is 254 g/mol. The van der Waals surface area contributed by atoms with Crippen molar-refractivity contribution in [1.29, 1.82) is 0 Å². The van der Waals surface area contributed by atoms with Crippen molar-refractivity contribution in [2.45, 2.75) is 13.0 Å². The van der Waals surface area contributed by atoms with E-state index in [-0.39, 0.29) is 6.61 Å². The third kappa shape index (κ3) is 5.69. The lowest BCUT2D eigenvalue weighted by atomic mass is 10.2. The zero-order valence-corrected chi connectivity index (χ0v) is 11.5. The Morgan fingerprint density at radius 3 is 2.94 bits per heavy atom. The average Bonchev–Trinajstić information content (AvgIpc) is 2.36. The molecule has 5 heteroatoms. The van der Waals surface area contributed by atoms with E-state index >= 15 is 0 Å². The van der Waals surface area contributed by atoms with Gasteiger partial charge in [0.1, 0.15) is 18.5 Å². The first-order chi connectivity index (χ1) is 8.63. The molecule has 102 valence electrons. The Morgan fingerprint density at radius 2 is 2.22 bits per heavy atom. The van der Waals surface area contributed by atoms with Crippen LogP contribution in [0.2, 0.25) is 5.02 Å². The second-order valence-corrected chi connectivity index (χ2v) is 4.51. The number of methoxy groups -OCH3 is 1. The standard InChI is InChI=1S/C13H20ClNO3/c1-10-3-4-11(14)7-13(10)18-9-12(16)8-15-5-6-17-2/h3-4,7,12,15-16H,5-6,8-9H2,1-2H3. The number of hydrogen-bond acceptors (Lipinski definition) is 4. The fourth-order valence-corrected chi connectivity index (χ4v) is 1.58. The lowest BCUT2D eigenvalue weighted by Crippen LogP contribution is -2.33. The fraction of sp³-hybridized carbons (Fsp3) is 0.538. The van der Waals surface area contributed by atoms with Gasteiger partial charge in [0.25, 0.3) is 0 Å². The number of benzene rings is 1. The van der Waals surface area contributed by atoms with Crippen molar-refractivity contribution in [3.63, 3.8) is 0 Å². The Labute approximate surface area is 113 Å². The van der Waals surface area contributed by atoms with Gasteiger partial charge in [-0.1, -0.05) is 17.7 Å². The van der Waals surface area contributed by atoms with E-state index in [1.807, 2.05) is 19.1 Å². The molecule has 4 nitrogen and oxygen atoms in total. The van der Waals surface area contributed by atoms with E-state index in [1.54, 1.807) is 13.2 Å². The summed E-state index contributed by atoms with van der Waals surface area (Å²) < 4.78 is 10.4. The van der Waals surface area contributed by atoms with Gasteiger partial charge in [-0.25, -0.2) is 0 Å². The first kappa shape index (κ1) is 15.2. The zero-order chi connectivity index (χ0) is 13.4. The third-order valence-electron chi connectivity index (χ3n) is 2.44. The normalized spacial score (nSPS) is 12.4. The van der Waals surface area contributed by atoms with Crippen LogP contribution in [0.1, 0.15) is 5.56 Å². The van der Waals surface area contributed by atoms with Crippen LogP contribution in [-0.4, -0.2) is 44.6 Å². The Bertz CT molecular complexity index is 360. The van der Waals surface area contributed by atoms with Crippen LogP contribution in [0.3, 0.4) is 0 Å². The Morgan fingerprint density at radius 1 is 1.44 bits per heavy atom. The van der Waals surface area contributed by atoms with Crippen molar-refractivity contribution in [3.8, 4) is 5.75 Å². The predicted molar refractivity (Wildman–Crippen MR) is 72.4 cm³/mol. The van der Waals surface area contributed by atoms with Gasteiger partial charge in [-0.15, -0.1) is 0 Å². The van der Waals surface area contributed by atoms with Gasteiger partial charge >= 0.3 is 0 Å². The van der Waals surface area contributed by atoms with E-state index in [9.17, 15) is 5.11 Å². The molecule has 18 heavy (non-hydrogen) atoms. The van der Waals surface area contributed by atoms with Crippen molar-refractivity contribution in [1.82, 2.24) is 5.32 Å². The molecule has 0 spiro atoms. The number of hydrogen-bond donors (Lipinski definition) is 2. The molecule has 0 amide bonds. The van der Waals surface area contributed by atoms with E-state index in [0.29, 0.717) is 30.5 Å². The number of aryl methyl sites for hydroxylation is 1. The second kappa shape index (κ2) is 8.32. The van der Waals surface area contributed by atoms with Crippen LogP contribution in [-0.2, 0) is 4.74 Å². The quantitative estimate of drug-likeness (QED) is 0.707. The van der Waals surface area contributed by atoms with Crippen molar-refractivity contribution >= 4 is 11.6 Å². The lowest BCUT2D eigenvalue weighted by molar-refractivity contribution is 0.103. The monoisotopic (exact) mass is 273 g/mol. The maximum Gasteiger partial charge on any atom is 0.123 e. The summed E-state index contributed by atoms with van der Waals surface area (Å²) in [4.78, 5) is 0. The minimum absolute atomic E-state index is 0.237. The summed E-state index contributed by atoms with van der Waals surface area (Å²) >= 11 is 5.88. The van der Waals surface area contributed by atoms with Crippen molar-refractivity contribution in [3.05, 3.63) is 28.8 Å². The first-order valence-corrected chi connectivity index (χ1v) is 6.28. The maximum absolute atomic E-state index is 9.71. The number of halogens is 1. The van der Waals surface area contributed by atoms with Gasteiger partial charge < -0.3 is 19.9 Å². The number of ether oxygens (including phenoxy) is 2. The van der Waals surface area contributed by atoms with E-state index in [4.69, 9.17) is 21.1 Å². The first-order valence-electron chi connectivity index (χ1n) is 5.90. The van der Waals surface area contributed by atoms with Crippen molar-refractivity contribution < 1.29 is 14.6 Å². The molecule has 1 unspecified atom stereocenters. The highest BCUT2D eigenvalue weighted by Crippen LogP contribution is 2.22. The minimum atomic E-state index is -0.555. The molecule has 0 radical (unpaired) electrons. The molecule has 1 aromatic rings. The van der Waals surface area contributed by atoms with Crippen LogP contribution < -0.4 is 10.1 Å². The number of nitrogens with one attached hydrogen (secondary N) is 1. The molecule has 0 saturated heterocycles. The average molecular weight is 274 g/mol. The van der Waals surface area contributed by atoms with Crippen LogP contribution >= 0.6 is 11.6 Å². The summed E-state index contributed by atoms with van der Waals surface area (Å²) in [7, 11) is 1.64. The summed E-state index contributed by atoms with van der Waals surface area (Å²) in [5, 5.41) is 13.4. The summed E-state index contributed by atoms with van der Waals surface area (Å²) in [5.74, 6) is 0.707. The Balaban J connectivity index is 2.29. The smallest absolute Gasteiger partial charge is 0.123 e. The highest BCUT2D eigenvalue weighted by molar-refractivity contribution is 6.30. The zero-order valence-electron chi connectivity index (χ0n) is 10.8. The highest BCUT2D eigenvalue weighted by atomic mass is 35.5. The van der Waals surface area contributed by atoms with E-state index < -0.39 is 6.10 Å². The van der Waals surface area contributed by atoms with Crippen LogP contribution in [0, 0.1) is 6.92 Å². The molecule has 1 aromatic carbocycles. The van der Waals surface area contributed by atoms with E-state index in [0.717, 1.165) is 5.56 Å². The predicted octanol–water partition coefficient (Wildman–Crippen LogP) is 1.62. The third-order valence-corrected chi connectivity index (χ3v) is 2.68. The minimum Gasteiger partial charge on any atom is -0.491 e. The summed E-state index contributed by atoms with van der Waals surface area (Å²) in [5.41, 5.74) is 0.999.